The Bertz CT molecular complexity index is 1540. The molecule has 2 N–H and O–H groups in total. The third-order valence-electron chi connectivity index (χ3n) is 6.60. The molecular weight excluding hydrogens is 536 g/mol. The Kier molecular flexibility index (Phi) is 6.67. The number of hydrogen-bond acceptors (Lipinski definition) is 5. The van der Waals surface area contributed by atoms with Crippen molar-refractivity contribution in [3.8, 4) is 0 Å². The monoisotopic (exact) mass is 558 g/mol. The molecule has 8 heteroatoms. The quantitative estimate of drug-likeness (QED) is 0.143. The van der Waals surface area contributed by atoms with Crippen molar-refractivity contribution >= 4 is 50.3 Å². The summed E-state index contributed by atoms with van der Waals surface area (Å²) in [6, 6.07) is 20.4. The molecule has 186 valence electrons. The number of benzene rings is 3. The van der Waals surface area contributed by atoms with Crippen LogP contribution in [0.4, 0.5) is 0 Å². The van der Waals surface area contributed by atoms with Crippen molar-refractivity contribution in [1.29, 1.82) is 0 Å². The van der Waals surface area contributed by atoms with Gasteiger partial charge in [0.1, 0.15) is 5.76 Å². The van der Waals surface area contributed by atoms with Gasteiger partial charge in [0.25, 0.3) is 11.7 Å². The van der Waals surface area contributed by atoms with Crippen molar-refractivity contribution in [2.24, 2.45) is 0 Å². The van der Waals surface area contributed by atoms with Crippen LogP contribution in [-0.4, -0.2) is 46.3 Å². The number of aromatic nitrogens is 1. The molecule has 0 spiro atoms. The average molecular weight is 559 g/mol. The molecule has 2 heterocycles. The summed E-state index contributed by atoms with van der Waals surface area (Å²) in [6.07, 6.45) is 2.41. The SMILES string of the molecule is COC(=O)c1ccc([C@H]2C(=C(O)c3ccc(Br)cc3)C(=O)C(=O)N2CCc2c[nH]c3ccccc23)cc1. The van der Waals surface area contributed by atoms with E-state index in [0.29, 0.717) is 23.1 Å². The zero-order valence-corrected chi connectivity index (χ0v) is 21.5. The number of likely N-dealkylation sites (tertiary alicyclic amines) is 1. The molecule has 0 radical (unpaired) electrons. The topological polar surface area (TPSA) is 99.7 Å². The van der Waals surface area contributed by atoms with Gasteiger partial charge in [0.15, 0.2) is 0 Å². The summed E-state index contributed by atoms with van der Waals surface area (Å²) in [5.74, 6) is -2.17. The van der Waals surface area contributed by atoms with Crippen molar-refractivity contribution in [1.82, 2.24) is 9.88 Å². The molecule has 37 heavy (non-hydrogen) atoms. The van der Waals surface area contributed by atoms with Gasteiger partial charge in [0.05, 0.1) is 24.3 Å². The fourth-order valence-electron chi connectivity index (χ4n) is 4.72. The number of aliphatic hydroxyl groups is 1. The van der Waals surface area contributed by atoms with E-state index < -0.39 is 23.7 Å². The maximum atomic E-state index is 13.3. The van der Waals surface area contributed by atoms with Crippen LogP contribution < -0.4 is 0 Å². The first-order chi connectivity index (χ1) is 17.9. The summed E-state index contributed by atoms with van der Waals surface area (Å²) in [5, 5.41) is 12.3. The Labute approximate surface area is 221 Å². The molecule has 3 aromatic carbocycles. The second-order valence-corrected chi connectivity index (χ2v) is 9.64. The van der Waals surface area contributed by atoms with E-state index in [1.165, 1.54) is 12.0 Å². The zero-order valence-electron chi connectivity index (χ0n) is 19.9. The van der Waals surface area contributed by atoms with Crippen molar-refractivity contribution < 1.29 is 24.2 Å². The largest absolute Gasteiger partial charge is 0.507 e. The van der Waals surface area contributed by atoms with E-state index >= 15 is 0 Å². The number of hydrogen-bond donors (Lipinski definition) is 2. The number of ether oxygens (including phenoxy) is 1. The second-order valence-electron chi connectivity index (χ2n) is 8.72. The first-order valence-corrected chi connectivity index (χ1v) is 12.5. The van der Waals surface area contributed by atoms with Gasteiger partial charge in [-0.2, -0.15) is 0 Å². The minimum atomic E-state index is -0.819. The van der Waals surface area contributed by atoms with Crippen LogP contribution in [0.5, 0.6) is 0 Å². The van der Waals surface area contributed by atoms with E-state index in [-0.39, 0.29) is 17.9 Å². The third kappa shape index (κ3) is 4.56. The van der Waals surface area contributed by atoms with Crippen molar-refractivity contribution in [3.05, 3.63) is 111 Å². The van der Waals surface area contributed by atoms with E-state index in [0.717, 1.165) is 20.9 Å². The molecule has 1 saturated heterocycles. The number of Topliss-reactive ketones (excluding diaryl/α,β-unsaturated/α-hetero) is 1. The molecule has 5 rings (SSSR count). The fraction of sp³-hybridized carbons (Fsp3) is 0.138. The van der Waals surface area contributed by atoms with Crippen molar-refractivity contribution in [3.63, 3.8) is 0 Å². The molecule has 4 aromatic rings. The highest BCUT2D eigenvalue weighted by Crippen LogP contribution is 2.40. The number of esters is 1. The van der Waals surface area contributed by atoms with Gasteiger partial charge in [-0.1, -0.05) is 58.4 Å². The smallest absolute Gasteiger partial charge is 0.337 e. The first-order valence-electron chi connectivity index (χ1n) is 11.7. The van der Waals surface area contributed by atoms with Gasteiger partial charge in [-0.3, -0.25) is 9.59 Å². The summed E-state index contributed by atoms with van der Waals surface area (Å²) >= 11 is 3.37. The van der Waals surface area contributed by atoms with E-state index in [2.05, 4.69) is 20.9 Å². The minimum Gasteiger partial charge on any atom is -0.507 e. The van der Waals surface area contributed by atoms with Crippen LogP contribution in [-0.2, 0) is 20.7 Å². The maximum Gasteiger partial charge on any atom is 0.337 e. The molecule has 1 aromatic heterocycles. The molecule has 1 fully saturated rings. The highest BCUT2D eigenvalue weighted by atomic mass is 79.9. The lowest BCUT2D eigenvalue weighted by Crippen LogP contribution is -2.31. The van der Waals surface area contributed by atoms with E-state index in [9.17, 15) is 19.5 Å². The highest BCUT2D eigenvalue weighted by molar-refractivity contribution is 9.10. The van der Waals surface area contributed by atoms with Crippen LogP contribution in [0.3, 0.4) is 0 Å². The number of aromatic amines is 1. The molecule has 1 amide bonds. The maximum absolute atomic E-state index is 13.3. The average Bonchev–Trinajstić information content (AvgIpc) is 3.45. The lowest BCUT2D eigenvalue weighted by Gasteiger charge is -2.25. The Hall–Kier alpha value is -4.17. The van der Waals surface area contributed by atoms with Crippen LogP contribution in [0.1, 0.15) is 33.1 Å². The fourth-order valence-corrected chi connectivity index (χ4v) is 4.98. The van der Waals surface area contributed by atoms with E-state index in [1.54, 1.807) is 48.5 Å². The number of carbonyl (C=O) groups excluding carboxylic acids is 3. The molecule has 1 aliphatic rings. The van der Waals surface area contributed by atoms with Crippen LogP contribution in [0.25, 0.3) is 16.7 Å². The number of amides is 1. The summed E-state index contributed by atoms with van der Waals surface area (Å²) < 4.78 is 5.60. The minimum absolute atomic E-state index is 0.0112. The Morgan fingerprint density at radius 3 is 2.38 bits per heavy atom. The molecule has 1 aliphatic heterocycles. The molecular formula is C29H23BrN2O5. The van der Waals surface area contributed by atoms with Crippen LogP contribution in [0.15, 0.2) is 89.0 Å². The van der Waals surface area contributed by atoms with Crippen LogP contribution in [0.2, 0.25) is 0 Å². The Morgan fingerprint density at radius 2 is 1.68 bits per heavy atom. The Balaban J connectivity index is 1.56. The number of carbonyl (C=O) groups is 3. The number of nitrogens with one attached hydrogen (secondary N) is 1. The lowest BCUT2D eigenvalue weighted by molar-refractivity contribution is -0.139. The van der Waals surface area contributed by atoms with E-state index in [1.807, 2.05) is 30.5 Å². The first kappa shape index (κ1) is 24.5. The third-order valence-corrected chi connectivity index (χ3v) is 7.13. The summed E-state index contributed by atoms with van der Waals surface area (Å²) in [4.78, 5) is 43.2. The second kappa shape index (κ2) is 10.1. The van der Waals surface area contributed by atoms with Gasteiger partial charge in [0.2, 0.25) is 0 Å². The standard InChI is InChI=1S/C29H23BrN2O5/c1-37-29(36)19-8-6-17(7-9-19)25-24(26(33)18-10-12-21(30)13-11-18)27(34)28(35)32(25)15-14-20-16-31-23-5-3-2-4-22(20)23/h2-13,16,25,31,33H,14-15H2,1H3/t25-/m0/s1. The molecule has 0 unspecified atom stereocenters. The highest BCUT2D eigenvalue weighted by Gasteiger charge is 2.45. The van der Waals surface area contributed by atoms with Gasteiger partial charge < -0.3 is 19.7 Å². The molecule has 1 atom stereocenters. The van der Waals surface area contributed by atoms with Crippen molar-refractivity contribution in [2.45, 2.75) is 12.5 Å². The number of nitrogens with zero attached hydrogens (tertiary/aromatic N) is 1. The van der Waals surface area contributed by atoms with Gasteiger partial charge in [-0.15, -0.1) is 0 Å². The van der Waals surface area contributed by atoms with Crippen molar-refractivity contribution in [2.75, 3.05) is 13.7 Å². The molecule has 7 nitrogen and oxygen atoms in total. The van der Waals surface area contributed by atoms with Gasteiger partial charge >= 0.3 is 5.97 Å². The number of H-pyrrole nitrogens is 1. The summed E-state index contributed by atoms with van der Waals surface area (Å²) in [6.45, 7) is 0.257. The molecule has 0 saturated carbocycles. The molecule has 0 bridgehead atoms. The number of fused-ring (bicyclic) bond motifs is 1. The predicted octanol–water partition coefficient (Wildman–Crippen LogP) is 5.38. The van der Waals surface area contributed by atoms with Gasteiger partial charge in [-0.25, -0.2) is 4.79 Å². The number of para-hydroxylation sites is 1. The normalized spacial score (nSPS) is 16.9. The van der Waals surface area contributed by atoms with Gasteiger partial charge in [-0.05, 0) is 47.9 Å². The lowest BCUT2D eigenvalue weighted by atomic mass is 9.94. The number of aliphatic hydroxyl groups excluding tert-OH is 1. The van der Waals surface area contributed by atoms with E-state index in [4.69, 9.17) is 4.74 Å². The number of rotatable bonds is 6. The number of halogens is 1. The summed E-state index contributed by atoms with van der Waals surface area (Å²) in [5.41, 5.74) is 3.39. The Morgan fingerprint density at radius 1 is 1.00 bits per heavy atom. The van der Waals surface area contributed by atoms with Crippen LogP contribution in [0, 0.1) is 0 Å². The summed E-state index contributed by atoms with van der Waals surface area (Å²) in [7, 11) is 1.30. The number of methoxy groups -OCH3 is 1. The number of ketones is 1. The predicted molar refractivity (Wildman–Crippen MR) is 143 cm³/mol. The van der Waals surface area contributed by atoms with Crippen LogP contribution >= 0.6 is 15.9 Å². The van der Waals surface area contributed by atoms with Gasteiger partial charge in [0, 0.05) is 33.7 Å². The molecule has 0 aliphatic carbocycles. The zero-order chi connectivity index (χ0) is 26.1.